The first kappa shape index (κ1) is 21.4. The van der Waals surface area contributed by atoms with Gasteiger partial charge in [0.05, 0.1) is 17.0 Å². The van der Waals surface area contributed by atoms with Crippen molar-refractivity contribution in [1.29, 1.82) is 0 Å². The van der Waals surface area contributed by atoms with E-state index in [0.29, 0.717) is 10.6 Å². The minimum atomic E-state index is -3.97. The summed E-state index contributed by atoms with van der Waals surface area (Å²) in [4.78, 5) is 12.6. The summed E-state index contributed by atoms with van der Waals surface area (Å²) in [7, 11) is -3.97. The number of rotatable bonds is 7. The Kier molecular flexibility index (Phi) is 7.00. The third-order valence-corrected chi connectivity index (χ3v) is 5.91. The number of sulfonamides is 1. The van der Waals surface area contributed by atoms with Gasteiger partial charge in [-0.15, -0.1) is 0 Å². The number of amides is 1. The van der Waals surface area contributed by atoms with Crippen LogP contribution in [0.15, 0.2) is 53.4 Å². The lowest BCUT2D eigenvalue weighted by atomic mass is 10.1. The quantitative estimate of drug-likeness (QED) is 0.653. The Hall–Kier alpha value is -1.93. The summed E-state index contributed by atoms with van der Waals surface area (Å²) in [6, 6.07) is 11.4. The molecule has 0 aromatic heterocycles. The maximum absolute atomic E-state index is 12.6. The predicted molar refractivity (Wildman–Crippen MR) is 105 cm³/mol. The van der Waals surface area contributed by atoms with Gasteiger partial charge in [0.15, 0.2) is 0 Å². The van der Waals surface area contributed by atoms with Gasteiger partial charge in [-0.05, 0) is 44.5 Å². The lowest BCUT2D eigenvalue weighted by Gasteiger charge is -2.24. The normalized spacial score (nSPS) is 15.0. The fraction of sp³-hybridized carbons (Fsp3) is 0.316. The van der Waals surface area contributed by atoms with Crippen molar-refractivity contribution < 1.29 is 18.3 Å². The van der Waals surface area contributed by atoms with Gasteiger partial charge in [0, 0.05) is 5.02 Å². The van der Waals surface area contributed by atoms with E-state index in [0.717, 1.165) is 5.56 Å². The Morgan fingerprint density at radius 3 is 2.22 bits per heavy atom. The van der Waals surface area contributed by atoms with E-state index in [1.165, 1.54) is 19.1 Å². The highest BCUT2D eigenvalue weighted by molar-refractivity contribution is 7.89. The van der Waals surface area contributed by atoms with Crippen molar-refractivity contribution in [3.8, 4) is 0 Å². The first-order valence-corrected chi connectivity index (χ1v) is 10.3. The van der Waals surface area contributed by atoms with Crippen LogP contribution in [0.2, 0.25) is 5.02 Å². The summed E-state index contributed by atoms with van der Waals surface area (Å²) < 4.78 is 27.4. The molecule has 3 atom stereocenters. The first-order chi connectivity index (χ1) is 12.6. The van der Waals surface area contributed by atoms with Gasteiger partial charge < -0.3 is 10.4 Å². The smallest absolute Gasteiger partial charge is 0.241 e. The molecule has 3 unspecified atom stereocenters. The van der Waals surface area contributed by atoms with E-state index >= 15 is 0 Å². The largest absolute Gasteiger partial charge is 0.391 e. The number of halogens is 1. The number of hydrogen-bond donors (Lipinski definition) is 3. The Labute approximate surface area is 164 Å². The summed E-state index contributed by atoms with van der Waals surface area (Å²) in [5.41, 5.74) is 1.60. The molecule has 146 valence electrons. The van der Waals surface area contributed by atoms with Crippen LogP contribution in [0.4, 0.5) is 0 Å². The van der Waals surface area contributed by atoms with Crippen molar-refractivity contribution in [2.45, 2.75) is 43.9 Å². The average molecular weight is 411 g/mol. The van der Waals surface area contributed by atoms with Crippen LogP contribution in [0.3, 0.4) is 0 Å². The maximum atomic E-state index is 12.6. The molecule has 0 spiro atoms. The molecule has 0 fully saturated rings. The molecule has 0 aliphatic rings. The van der Waals surface area contributed by atoms with Gasteiger partial charge in [-0.25, -0.2) is 8.42 Å². The second kappa shape index (κ2) is 8.84. The number of benzene rings is 2. The standard InChI is InChI=1S/C19H23ClN2O4S/c1-12-8-10-15(11-9-12)27(25,26)22-18(14(3)23)19(24)21-13(2)16-6-4-5-7-17(16)20/h4-11,13-14,18,22-23H,1-3H3,(H,21,24). The highest BCUT2D eigenvalue weighted by atomic mass is 35.5. The average Bonchev–Trinajstić information content (AvgIpc) is 2.60. The number of aliphatic hydroxyl groups is 1. The summed E-state index contributed by atoms with van der Waals surface area (Å²) in [6.45, 7) is 4.92. The lowest BCUT2D eigenvalue weighted by molar-refractivity contribution is -0.125. The molecule has 0 radical (unpaired) electrons. The minimum Gasteiger partial charge on any atom is -0.391 e. The third kappa shape index (κ3) is 5.52. The second-order valence-corrected chi connectivity index (χ2v) is 8.53. The van der Waals surface area contributed by atoms with Crippen LogP contribution in [0.25, 0.3) is 0 Å². The Morgan fingerprint density at radius 1 is 1.07 bits per heavy atom. The number of nitrogens with one attached hydrogen (secondary N) is 2. The van der Waals surface area contributed by atoms with E-state index in [2.05, 4.69) is 10.0 Å². The molecule has 0 aliphatic carbocycles. The Balaban J connectivity index is 2.17. The summed E-state index contributed by atoms with van der Waals surface area (Å²) in [6.07, 6.45) is -1.23. The molecule has 0 saturated heterocycles. The van der Waals surface area contributed by atoms with Gasteiger partial charge in [0.1, 0.15) is 6.04 Å². The molecule has 0 saturated carbocycles. The number of carbonyl (C=O) groups is 1. The van der Waals surface area contributed by atoms with E-state index in [-0.39, 0.29) is 4.90 Å². The van der Waals surface area contributed by atoms with Crippen LogP contribution in [0.1, 0.15) is 31.0 Å². The molecular weight excluding hydrogens is 388 g/mol. The molecule has 1 amide bonds. The van der Waals surface area contributed by atoms with E-state index in [4.69, 9.17) is 11.6 Å². The van der Waals surface area contributed by atoms with Crippen LogP contribution >= 0.6 is 11.6 Å². The monoisotopic (exact) mass is 410 g/mol. The number of hydrogen-bond acceptors (Lipinski definition) is 4. The maximum Gasteiger partial charge on any atom is 0.241 e. The molecule has 0 aliphatic heterocycles. The van der Waals surface area contributed by atoms with Crippen LogP contribution in [0.5, 0.6) is 0 Å². The molecule has 2 rings (SSSR count). The zero-order chi connectivity index (χ0) is 20.2. The lowest BCUT2D eigenvalue weighted by Crippen LogP contribution is -2.52. The molecule has 6 nitrogen and oxygen atoms in total. The molecule has 0 bridgehead atoms. The van der Waals surface area contributed by atoms with Gasteiger partial charge >= 0.3 is 0 Å². The van der Waals surface area contributed by atoms with Crippen LogP contribution < -0.4 is 10.0 Å². The van der Waals surface area contributed by atoms with E-state index in [9.17, 15) is 18.3 Å². The minimum absolute atomic E-state index is 0.0192. The zero-order valence-electron chi connectivity index (χ0n) is 15.3. The molecule has 0 heterocycles. The van der Waals surface area contributed by atoms with E-state index in [1.54, 1.807) is 43.3 Å². The van der Waals surface area contributed by atoms with Crippen molar-refractivity contribution in [1.82, 2.24) is 10.0 Å². The highest BCUT2D eigenvalue weighted by Gasteiger charge is 2.30. The summed E-state index contributed by atoms with van der Waals surface area (Å²) in [5.74, 6) is -0.645. The third-order valence-electron chi connectivity index (χ3n) is 4.11. The summed E-state index contributed by atoms with van der Waals surface area (Å²) in [5, 5.41) is 13.1. The fourth-order valence-electron chi connectivity index (χ4n) is 2.53. The van der Waals surface area contributed by atoms with Crippen LogP contribution in [-0.2, 0) is 14.8 Å². The van der Waals surface area contributed by atoms with Crippen molar-refractivity contribution >= 4 is 27.5 Å². The number of aliphatic hydroxyl groups excluding tert-OH is 1. The Bertz CT molecular complexity index is 898. The summed E-state index contributed by atoms with van der Waals surface area (Å²) >= 11 is 6.13. The molecule has 2 aromatic rings. The second-order valence-electron chi connectivity index (χ2n) is 6.40. The topological polar surface area (TPSA) is 95.5 Å². The molecule has 3 N–H and O–H groups in total. The fourth-order valence-corrected chi connectivity index (χ4v) is 4.10. The SMILES string of the molecule is Cc1ccc(S(=O)(=O)NC(C(=O)NC(C)c2ccccc2Cl)C(C)O)cc1. The zero-order valence-corrected chi connectivity index (χ0v) is 16.9. The van der Waals surface area contributed by atoms with Crippen LogP contribution in [-0.4, -0.2) is 31.6 Å². The first-order valence-electron chi connectivity index (χ1n) is 8.43. The molecule has 27 heavy (non-hydrogen) atoms. The van der Waals surface area contributed by atoms with Crippen molar-refractivity contribution in [3.63, 3.8) is 0 Å². The van der Waals surface area contributed by atoms with Crippen molar-refractivity contribution in [3.05, 3.63) is 64.7 Å². The Morgan fingerprint density at radius 2 is 1.67 bits per heavy atom. The van der Waals surface area contributed by atoms with E-state index in [1.807, 2.05) is 6.92 Å². The number of carbonyl (C=O) groups excluding carboxylic acids is 1. The highest BCUT2D eigenvalue weighted by Crippen LogP contribution is 2.22. The van der Waals surface area contributed by atoms with Gasteiger partial charge in [0.25, 0.3) is 0 Å². The molecule has 8 heteroatoms. The van der Waals surface area contributed by atoms with Gasteiger partial charge in [-0.3, -0.25) is 4.79 Å². The molecular formula is C19H23ClN2O4S. The number of aryl methyl sites for hydroxylation is 1. The van der Waals surface area contributed by atoms with Gasteiger partial charge in [-0.2, -0.15) is 4.72 Å². The van der Waals surface area contributed by atoms with Crippen molar-refractivity contribution in [2.75, 3.05) is 0 Å². The van der Waals surface area contributed by atoms with Gasteiger partial charge in [0.2, 0.25) is 15.9 Å². The predicted octanol–water partition coefficient (Wildman–Crippen LogP) is 2.55. The van der Waals surface area contributed by atoms with Crippen LogP contribution in [0, 0.1) is 6.92 Å². The van der Waals surface area contributed by atoms with Gasteiger partial charge in [-0.1, -0.05) is 47.5 Å². The van der Waals surface area contributed by atoms with Crippen molar-refractivity contribution in [2.24, 2.45) is 0 Å². The molecule has 2 aromatic carbocycles. The van der Waals surface area contributed by atoms with E-state index < -0.39 is 34.1 Å².